The fourth-order valence-electron chi connectivity index (χ4n) is 8.75. The van der Waals surface area contributed by atoms with E-state index in [1.807, 2.05) is 33.3 Å². The Morgan fingerprint density at radius 2 is 0.823 bits per heavy atom. The number of ether oxygens (including phenoxy) is 1. The number of rotatable bonds is 57. The van der Waals surface area contributed by atoms with Gasteiger partial charge in [0.1, 0.15) is 19.3 Å². The second-order valence-corrected chi connectivity index (χ2v) is 24.0. The summed E-state index contributed by atoms with van der Waals surface area (Å²) in [6.07, 6.45) is 79.6. The van der Waals surface area contributed by atoms with Gasteiger partial charge in [0, 0.05) is 12.8 Å². The number of phosphoric ester groups is 1. The maximum absolute atomic E-state index is 13.5. The van der Waals surface area contributed by atoms with Crippen molar-refractivity contribution in [2.24, 2.45) is 0 Å². The van der Waals surface area contributed by atoms with Gasteiger partial charge in [0.05, 0.1) is 33.8 Å². The molecule has 0 heterocycles. The van der Waals surface area contributed by atoms with Crippen LogP contribution in [0.5, 0.6) is 0 Å². The van der Waals surface area contributed by atoms with E-state index in [1.165, 1.54) is 135 Å². The number of carbonyl (C=O) groups is 2. The molecule has 0 aliphatic rings. The van der Waals surface area contributed by atoms with Gasteiger partial charge in [-0.1, -0.05) is 252 Å². The van der Waals surface area contributed by atoms with Crippen molar-refractivity contribution in [3.8, 4) is 0 Å². The second-order valence-electron chi connectivity index (χ2n) is 22.5. The molecule has 454 valence electrons. The molecule has 0 bridgehead atoms. The SMILES string of the molecule is CC/C=C\C/C=C\C/C=C\C/C=C\C/C=C\CCCC(=O)NC(COP(=O)(O)OCC[N+](C)(C)C)C(/C=C\CCCCCCCCCCC)OC(=O)CCCCCCCCCCCCCC/C=C\C/C=C\C/C=C\CCCCC. The minimum Gasteiger partial charge on any atom is -0.456 e. The van der Waals surface area contributed by atoms with E-state index in [9.17, 15) is 19.0 Å². The number of hydrogen-bond acceptors (Lipinski definition) is 6. The minimum atomic E-state index is -4.47. The summed E-state index contributed by atoms with van der Waals surface area (Å²) in [5.74, 6) is -0.579. The maximum Gasteiger partial charge on any atom is 0.472 e. The summed E-state index contributed by atoms with van der Waals surface area (Å²) < 4.78 is 30.7. The van der Waals surface area contributed by atoms with Crippen LogP contribution >= 0.6 is 7.82 Å². The van der Waals surface area contributed by atoms with Crippen LogP contribution in [0.25, 0.3) is 0 Å². The standard InChI is InChI=1S/C69H121N2O7P/c1-7-10-13-16-19-22-25-27-29-31-32-33-34-35-36-37-38-40-42-44-47-50-53-56-59-62-69(73)78-67(60-57-54-51-48-45-24-21-18-15-12-9-3)66(65-77-79(74,75)76-64-63-71(4,5)6)70-68(72)61-58-55-52-49-46-43-41-39-30-28-26-23-20-17-14-11-8-2/h11,14,19-20,22-23,27-30,32-33,41,43,49,52,57,60,66-67H,7-10,12-13,15-18,21,24-26,31,34-40,42,44-48,50-51,53-56,58-59,61-65H2,1-6H3,(H-,70,72,74,75)/p+1/b14-11-,22-19-,23-20-,29-27-,30-28-,33-32-,43-41-,52-49-,60-57-. The third-order valence-corrected chi connectivity index (χ3v) is 14.7. The number of unbranched alkanes of at least 4 members (excludes halogenated alkanes) is 25. The first-order valence-electron chi connectivity index (χ1n) is 32.2. The molecule has 1 amide bonds. The number of nitrogens with one attached hydrogen (secondary N) is 1. The lowest BCUT2D eigenvalue weighted by Gasteiger charge is -2.27. The summed E-state index contributed by atoms with van der Waals surface area (Å²) >= 11 is 0. The molecule has 0 saturated carbocycles. The molecule has 0 aromatic heterocycles. The molecule has 0 saturated heterocycles. The highest BCUT2D eigenvalue weighted by Crippen LogP contribution is 2.43. The number of carbonyl (C=O) groups excluding carboxylic acids is 2. The van der Waals surface area contributed by atoms with Crippen molar-refractivity contribution >= 4 is 19.7 Å². The Labute approximate surface area is 487 Å². The van der Waals surface area contributed by atoms with Crippen molar-refractivity contribution in [3.63, 3.8) is 0 Å². The molecular weight excluding hydrogens is 1000 g/mol. The molecule has 0 aliphatic carbocycles. The second kappa shape index (κ2) is 57.9. The van der Waals surface area contributed by atoms with E-state index in [1.54, 1.807) is 0 Å². The van der Waals surface area contributed by atoms with E-state index < -0.39 is 20.0 Å². The topological polar surface area (TPSA) is 111 Å². The van der Waals surface area contributed by atoms with Crippen molar-refractivity contribution in [1.29, 1.82) is 0 Å². The van der Waals surface area contributed by atoms with Crippen LogP contribution in [0.3, 0.4) is 0 Å². The number of phosphoric acid groups is 1. The molecule has 0 aromatic rings. The number of allylic oxidation sites excluding steroid dienone is 17. The van der Waals surface area contributed by atoms with Gasteiger partial charge in [-0.3, -0.25) is 18.6 Å². The number of likely N-dealkylation sites (N-methyl/N-ethyl adjacent to an activating group) is 1. The molecule has 2 N–H and O–H groups in total. The lowest BCUT2D eigenvalue weighted by molar-refractivity contribution is -0.870. The number of quaternary nitrogens is 1. The van der Waals surface area contributed by atoms with Gasteiger partial charge in [0.25, 0.3) is 0 Å². The Morgan fingerprint density at radius 1 is 0.456 bits per heavy atom. The molecule has 0 aromatic carbocycles. The van der Waals surface area contributed by atoms with Gasteiger partial charge in [0.15, 0.2) is 0 Å². The maximum atomic E-state index is 13.5. The highest BCUT2D eigenvalue weighted by Gasteiger charge is 2.30. The average molecular weight is 1120 g/mol. The summed E-state index contributed by atoms with van der Waals surface area (Å²) in [6.45, 7) is 6.82. The number of esters is 1. The highest BCUT2D eigenvalue weighted by molar-refractivity contribution is 7.47. The van der Waals surface area contributed by atoms with Crippen molar-refractivity contribution in [3.05, 3.63) is 109 Å². The van der Waals surface area contributed by atoms with E-state index >= 15 is 0 Å². The quantitative estimate of drug-likeness (QED) is 0.0205. The first-order valence-corrected chi connectivity index (χ1v) is 33.7. The van der Waals surface area contributed by atoms with Crippen LogP contribution < -0.4 is 5.32 Å². The summed E-state index contributed by atoms with van der Waals surface area (Å²) in [5, 5.41) is 3.02. The van der Waals surface area contributed by atoms with Crippen molar-refractivity contribution in [2.45, 2.75) is 277 Å². The summed E-state index contributed by atoms with van der Waals surface area (Å²) in [4.78, 5) is 37.7. The van der Waals surface area contributed by atoms with Gasteiger partial charge in [-0.05, 0) is 109 Å². The Bertz CT molecular complexity index is 1720. The van der Waals surface area contributed by atoms with Crippen LogP contribution in [0, 0.1) is 0 Å². The van der Waals surface area contributed by atoms with Crippen LogP contribution in [0.4, 0.5) is 0 Å². The Hall–Kier alpha value is -3.33. The van der Waals surface area contributed by atoms with E-state index in [2.05, 4.69) is 123 Å². The molecule has 9 nitrogen and oxygen atoms in total. The molecule has 0 aliphatic heterocycles. The van der Waals surface area contributed by atoms with Gasteiger partial charge in [-0.2, -0.15) is 0 Å². The summed E-state index contributed by atoms with van der Waals surface area (Å²) in [7, 11) is 1.45. The van der Waals surface area contributed by atoms with Gasteiger partial charge in [-0.25, -0.2) is 4.57 Å². The van der Waals surface area contributed by atoms with Gasteiger partial charge in [-0.15, -0.1) is 0 Å². The summed E-state index contributed by atoms with van der Waals surface area (Å²) in [6, 6.07) is -0.885. The van der Waals surface area contributed by atoms with Crippen LogP contribution in [-0.4, -0.2) is 74.3 Å². The normalized spacial score (nSPS) is 14.4. The van der Waals surface area contributed by atoms with Crippen molar-refractivity contribution in [2.75, 3.05) is 40.9 Å². The molecule has 0 rings (SSSR count). The first-order chi connectivity index (χ1) is 38.4. The fourth-order valence-corrected chi connectivity index (χ4v) is 9.48. The first kappa shape index (κ1) is 75.7. The van der Waals surface area contributed by atoms with Gasteiger partial charge < -0.3 is 19.4 Å². The lowest BCUT2D eigenvalue weighted by atomic mass is 10.0. The van der Waals surface area contributed by atoms with E-state index in [0.717, 1.165) is 89.9 Å². The molecule has 0 spiro atoms. The lowest BCUT2D eigenvalue weighted by Crippen LogP contribution is -2.47. The van der Waals surface area contributed by atoms with E-state index in [0.29, 0.717) is 17.4 Å². The van der Waals surface area contributed by atoms with Gasteiger partial charge in [0.2, 0.25) is 5.91 Å². The van der Waals surface area contributed by atoms with Crippen molar-refractivity contribution in [1.82, 2.24) is 5.32 Å². The highest BCUT2D eigenvalue weighted by atomic mass is 31.2. The third kappa shape index (κ3) is 59.1. The zero-order valence-electron chi connectivity index (χ0n) is 51.8. The monoisotopic (exact) mass is 1120 g/mol. The third-order valence-electron chi connectivity index (χ3n) is 13.7. The molecule has 79 heavy (non-hydrogen) atoms. The molecule has 0 radical (unpaired) electrons. The smallest absolute Gasteiger partial charge is 0.456 e. The molecule has 3 unspecified atom stereocenters. The molecule has 0 fully saturated rings. The van der Waals surface area contributed by atoms with Gasteiger partial charge >= 0.3 is 13.8 Å². The van der Waals surface area contributed by atoms with Crippen LogP contribution in [-0.2, 0) is 27.9 Å². The Kier molecular flexibility index (Phi) is 55.4. The van der Waals surface area contributed by atoms with Crippen LogP contribution in [0.15, 0.2) is 109 Å². The van der Waals surface area contributed by atoms with E-state index in [-0.39, 0.29) is 37.9 Å². The Morgan fingerprint density at radius 3 is 1.27 bits per heavy atom. The predicted octanol–water partition coefficient (Wildman–Crippen LogP) is 20.1. The fraction of sp³-hybridized carbons (Fsp3) is 0.710. The number of nitrogens with zero attached hydrogens (tertiary/aromatic N) is 1. The minimum absolute atomic E-state index is 0.0245. The Balaban J connectivity index is 5.18. The zero-order valence-corrected chi connectivity index (χ0v) is 52.7. The molecular formula is C69H122N2O7P+. The summed E-state index contributed by atoms with van der Waals surface area (Å²) in [5.41, 5.74) is 0. The largest absolute Gasteiger partial charge is 0.472 e. The molecule has 3 atom stereocenters. The van der Waals surface area contributed by atoms with E-state index in [4.69, 9.17) is 13.8 Å². The average Bonchev–Trinajstić information content (AvgIpc) is 3.41. The zero-order chi connectivity index (χ0) is 57.9. The number of amides is 1. The molecule has 10 heteroatoms. The van der Waals surface area contributed by atoms with Crippen molar-refractivity contribution < 1.29 is 37.3 Å². The van der Waals surface area contributed by atoms with Crippen LogP contribution in [0.2, 0.25) is 0 Å². The van der Waals surface area contributed by atoms with Crippen LogP contribution in [0.1, 0.15) is 265 Å². The predicted molar refractivity (Wildman–Crippen MR) is 341 cm³/mol. The number of hydrogen-bond donors (Lipinski definition) is 2.